The molecular formula is C24H28Ge. The van der Waals surface area contributed by atoms with Gasteiger partial charge in [-0.3, -0.25) is 0 Å². The zero-order chi connectivity index (χ0) is 17.0. The van der Waals surface area contributed by atoms with Gasteiger partial charge in [0.2, 0.25) is 0 Å². The first-order chi connectivity index (χ1) is 12.4. The van der Waals surface area contributed by atoms with E-state index >= 15 is 0 Å². The van der Waals surface area contributed by atoms with Gasteiger partial charge in [-0.05, 0) is 0 Å². The van der Waals surface area contributed by atoms with E-state index in [-0.39, 0.29) is 0 Å². The van der Waals surface area contributed by atoms with Crippen LogP contribution in [0.25, 0.3) is 0 Å². The Hall–Kier alpha value is -1.54. The predicted molar refractivity (Wildman–Crippen MR) is 112 cm³/mol. The predicted octanol–water partition coefficient (Wildman–Crippen LogP) is 6.98. The second kappa shape index (κ2) is 7.78. The molecule has 0 heterocycles. The zero-order valence-corrected chi connectivity index (χ0v) is 17.0. The van der Waals surface area contributed by atoms with Gasteiger partial charge in [-0.15, -0.1) is 0 Å². The number of hydrogen-bond donors (Lipinski definition) is 0. The molecule has 4 aliphatic carbocycles. The molecule has 0 unspecified atom stereocenters. The Labute approximate surface area is 155 Å². The summed E-state index contributed by atoms with van der Waals surface area (Å²) in [4.78, 5) is 0. The Morgan fingerprint density at radius 2 is 0.560 bits per heavy atom. The molecule has 0 radical (unpaired) electrons. The van der Waals surface area contributed by atoms with Crippen molar-refractivity contribution >= 4 is 13.3 Å². The molecule has 0 atom stereocenters. The summed E-state index contributed by atoms with van der Waals surface area (Å²) in [7, 11) is 0. The van der Waals surface area contributed by atoms with Gasteiger partial charge in [0.25, 0.3) is 0 Å². The van der Waals surface area contributed by atoms with E-state index in [0.717, 1.165) is 25.7 Å². The summed E-state index contributed by atoms with van der Waals surface area (Å²) in [5, 5.41) is 0. The van der Waals surface area contributed by atoms with Crippen LogP contribution in [0.3, 0.4) is 0 Å². The Morgan fingerprint density at radius 3 is 0.760 bits per heavy atom. The SMILES string of the molecule is C1=C[CH]([Ge]([CH]2C=CCC=C2)([CH]2C=CCC=C2)[CH]2C=CCC=C2)C=CC1. The van der Waals surface area contributed by atoms with E-state index in [1.807, 2.05) is 0 Å². The van der Waals surface area contributed by atoms with Crippen molar-refractivity contribution in [2.45, 2.75) is 44.7 Å². The van der Waals surface area contributed by atoms with Crippen LogP contribution in [0.2, 0.25) is 19.0 Å². The van der Waals surface area contributed by atoms with Crippen LogP contribution in [0.4, 0.5) is 0 Å². The van der Waals surface area contributed by atoms with Crippen molar-refractivity contribution in [1.82, 2.24) is 0 Å². The minimum atomic E-state index is -2.58. The van der Waals surface area contributed by atoms with Crippen molar-refractivity contribution < 1.29 is 0 Å². The summed E-state index contributed by atoms with van der Waals surface area (Å²) in [6, 6.07) is 0. The fraction of sp³-hybridized carbons (Fsp3) is 0.333. The third-order valence-electron chi connectivity index (χ3n) is 6.15. The quantitative estimate of drug-likeness (QED) is 0.360. The molecule has 0 aromatic rings. The van der Waals surface area contributed by atoms with E-state index in [2.05, 4.69) is 97.2 Å². The van der Waals surface area contributed by atoms with Crippen LogP contribution in [0, 0.1) is 0 Å². The van der Waals surface area contributed by atoms with Gasteiger partial charge < -0.3 is 0 Å². The zero-order valence-electron chi connectivity index (χ0n) is 14.9. The van der Waals surface area contributed by atoms with Gasteiger partial charge in [-0.25, -0.2) is 0 Å². The standard InChI is InChI=1S/C24H28Ge/c1-5-13-21(14-6-1)25(22-15-7-2-8-16-22,23-17-9-3-10-18-23)24-19-11-4-12-20-24/h5-24H,1-4H2. The monoisotopic (exact) mass is 390 g/mol. The summed E-state index contributed by atoms with van der Waals surface area (Å²) in [5.74, 6) is 0. The Kier molecular flexibility index (Phi) is 5.26. The average Bonchev–Trinajstić information content (AvgIpc) is 2.72. The maximum atomic E-state index is 2.54. The summed E-state index contributed by atoms with van der Waals surface area (Å²) >= 11 is -2.58. The molecule has 4 rings (SSSR count). The van der Waals surface area contributed by atoms with Crippen molar-refractivity contribution in [2.24, 2.45) is 0 Å². The summed E-state index contributed by atoms with van der Waals surface area (Å²) in [6.45, 7) is 0. The summed E-state index contributed by atoms with van der Waals surface area (Å²) in [6.07, 6.45) is 43.9. The van der Waals surface area contributed by atoms with Crippen LogP contribution in [0.15, 0.2) is 97.2 Å². The molecule has 0 fully saturated rings. The molecule has 0 bridgehead atoms. The first-order valence-electron chi connectivity index (χ1n) is 9.75. The fourth-order valence-electron chi connectivity index (χ4n) is 5.04. The molecule has 0 aromatic carbocycles. The van der Waals surface area contributed by atoms with Crippen molar-refractivity contribution in [3.63, 3.8) is 0 Å². The fourth-order valence-corrected chi connectivity index (χ4v) is 18.5. The Morgan fingerprint density at radius 1 is 0.360 bits per heavy atom. The number of hydrogen-bond acceptors (Lipinski definition) is 0. The van der Waals surface area contributed by atoms with Crippen LogP contribution in [0.5, 0.6) is 0 Å². The molecule has 0 N–H and O–H groups in total. The minimum absolute atomic E-state index is 0.626. The molecule has 0 aliphatic heterocycles. The van der Waals surface area contributed by atoms with Crippen LogP contribution in [-0.4, -0.2) is 13.3 Å². The number of rotatable bonds is 4. The van der Waals surface area contributed by atoms with Gasteiger partial charge in [-0.2, -0.15) is 0 Å². The molecule has 0 aromatic heterocycles. The van der Waals surface area contributed by atoms with Crippen LogP contribution in [0.1, 0.15) is 25.7 Å². The van der Waals surface area contributed by atoms with E-state index in [4.69, 9.17) is 0 Å². The van der Waals surface area contributed by atoms with E-state index in [1.54, 1.807) is 0 Å². The number of allylic oxidation sites excluding steroid dienone is 16. The molecule has 0 saturated carbocycles. The van der Waals surface area contributed by atoms with E-state index in [9.17, 15) is 0 Å². The van der Waals surface area contributed by atoms with Crippen LogP contribution in [-0.2, 0) is 0 Å². The van der Waals surface area contributed by atoms with Crippen molar-refractivity contribution in [1.29, 1.82) is 0 Å². The average molecular weight is 389 g/mol. The molecule has 1 heteroatoms. The first-order valence-corrected chi connectivity index (χ1v) is 14.6. The Bertz CT molecular complexity index is 537. The van der Waals surface area contributed by atoms with Crippen molar-refractivity contribution in [3.8, 4) is 0 Å². The molecular weight excluding hydrogens is 361 g/mol. The van der Waals surface area contributed by atoms with Crippen LogP contribution >= 0.6 is 0 Å². The second-order valence-electron chi connectivity index (χ2n) is 7.47. The van der Waals surface area contributed by atoms with Crippen molar-refractivity contribution in [3.05, 3.63) is 97.2 Å². The summed E-state index contributed by atoms with van der Waals surface area (Å²) < 4.78 is 2.50. The molecule has 0 amide bonds. The van der Waals surface area contributed by atoms with Gasteiger partial charge in [-0.1, -0.05) is 0 Å². The molecule has 0 saturated heterocycles. The normalized spacial score (nSPS) is 24.6. The molecule has 0 nitrogen and oxygen atoms in total. The van der Waals surface area contributed by atoms with Gasteiger partial charge in [0, 0.05) is 0 Å². The van der Waals surface area contributed by atoms with Gasteiger partial charge in [0.15, 0.2) is 0 Å². The molecule has 128 valence electrons. The van der Waals surface area contributed by atoms with E-state index in [0.29, 0.717) is 19.0 Å². The molecule has 25 heavy (non-hydrogen) atoms. The van der Waals surface area contributed by atoms with Gasteiger partial charge in [0.05, 0.1) is 0 Å². The van der Waals surface area contributed by atoms with E-state index < -0.39 is 13.3 Å². The molecule has 4 aliphatic rings. The van der Waals surface area contributed by atoms with Crippen LogP contribution < -0.4 is 0 Å². The third kappa shape index (κ3) is 3.17. The van der Waals surface area contributed by atoms with E-state index in [1.165, 1.54) is 0 Å². The van der Waals surface area contributed by atoms with Gasteiger partial charge in [0.1, 0.15) is 0 Å². The third-order valence-corrected chi connectivity index (χ3v) is 19.1. The first kappa shape index (κ1) is 16.9. The molecule has 0 spiro atoms. The second-order valence-corrected chi connectivity index (χ2v) is 17.3. The van der Waals surface area contributed by atoms with Crippen molar-refractivity contribution in [2.75, 3.05) is 0 Å². The van der Waals surface area contributed by atoms with Gasteiger partial charge >= 0.3 is 155 Å². The maximum absolute atomic E-state index is 2.58. The summed E-state index contributed by atoms with van der Waals surface area (Å²) in [5.41, 5.74) is 0. The Balaban J connectivity index is 1.89. The topological polar surface area (TPSA) is 0 Å².